The highest BCUT2D eigenvalue weighted by atomic mass is 35.5. The molecule has 2 atom stereocenters. The first-order valence-corrected chi connectivity index (χ1v) is 9.84. The van der Waals surface area contributed by atoms with Crippen LogP contribution < -0.4 is 5.32 Å². The van der Waals surface area contributed by atoms with Gasteiger partial charge in [-0.1, -0.05) is 36.7 Å². The van der Waals surface area contributed by atoms with E-state index in [1.54, 1.807) is 16.9 Å². The summed E-state index contributed by atoms with van der Waals surface area (Å²) >= 11 is 7.55. The predicted molar refractivity (Wildman–Crippen MR) is 108 cm³/mol. The molecule has 6 nitrogen and oxygen atoms in total. The Morgan fingerprint density at radius 3 is 2.74 bits per heavy atom. The van der Waals surface area contributed by atoms with Crippen molar-refractivity contribution in [2.45, 2.75) is 39.3 Å². The van der Waals surface area contributed by atoms with Gasteiger partial charge < -0.3 is 10.1 Å². The maximum atomic E-state index is 12.5. The lowest BCUT2D eigenvalue weighted by atomic mass is 10.2. The first-order chi connectivity index (χ1) is 12.9. The van der Waals surface area contributed by atoms with Crippen molar-refractivity contribution in [2.75, 3.05) is 5.32 Å². The molecule has 8 heteroatoms. The fraction of sp³-hybridized carbons (Fsp3) is 0.316. The molecule has 0 aliphatic heterocycles. The van der Waals surface area contributed by atoms with Crippen LogP contribution >= 0.6 is 22.9 Å². The molecule has 0 aliphatic carbocycles. The zero-order chi connectivity index (χ0) is 19.6. The monoisotopic (exact) mass is 405 g/mol. The van der Waals surface area contributed by atoms with E-state index in [0.29, 0.717) is 15.7 Å². The van der Waals surface area contributed by atoms with E-state index in [4.69, 9.17) is 16.3 Å². The van der Waals surface area contributed by atoms with Gasteiger partial charge in [-0.05, 0) is 26.3 Å². The molecule has 0 radical (unpaired) electrons. The largest absolute Gasteiger partial charge is 0.448 e. The summed E-state index contributed by atoms with van der Waals surface area (Å²) in [6, 6.07) is 9.31. The molecule has 3 rings (SSSR count). The number of amides is 1. The Morgan fingerprint density at radius 1 is 1.30 bits per heavy atom. The van der Waals surface area contributed by atoms with Crippen molar-refractivity contribution in [3.63, 3.8) is 0 Å². The van der Waals surface area contributed by atoms with Crippen molar-refractivity contribution in [3.05, 3.63) is 46.4 Å². The van der Waals surface area contributed by atoms with Crippen LogP contribution in [0.5, 0.6) is 0 Å². The third-order valence-electron chi connectivity index (χ3n) is 4.30. The molecule has 1 aromatic carbocycles. The third kappa shape index (κ3) is 3.99. The van der Waals surface area contributed by atoms with Gasteiger partial charge in [0.05, 0.1) is 17.3 Å². The van der Waals surface area contributed by atoms with Crippen LogP contribution in [0.3, 0.4) is 0 Å². The molecule has 0 unspecified atom stereocenters. The summed E-state index contributed by atoms with van der Waals surface area (Å²) in [5.74, 6) is -0.470. The number of thiophene rings is 1. The van der Waals surface area contributed by atoms with Crippen molar-refractivity contribution in [2.24, 2.45) is 0 Å². The Bertz CT molecular complexity index is 982. The zero-order valence-electron chi connectivity index (χ0n) is 15.2. The normalized spacial score (nSPS) is 13.3. The van der Waals surface area contributed by atoms with Crippen LogP contribution in [0.4, 0.5) is 5.82 Å². The Hall–Kier alpha value is -2.38. The number of fused-ring (bicyclic) bond motifs is 1. The number of nitrogens with one attached hydrogen (secondary N) is 1. The van der Waals surface area contributed by atoms with Gasteiger partial charge in [-0.15, -0.1) is 11.3 Å². The van der Waals surface area contributed by atoms with Crippen LogP contribution in [0.15, 0.2) is 36.5 Å². The molecule has 2 aromatic heterocycles. The lowest BCUT2D eigenvalue weighted by molar-refractivity contribution is -0.123. The number of rotatable bonds is 6. The van der Waals surface area contributed by atoms with E-state index in [1.165, 1.54) is 18.3 Å². The Labute approximate surface area is 166 Å². The highest BCUT2D eigenvalue weighted by Gasteiger charge is 2.24. The molecule has 0 saturated carbocycles. The van der Waals surface area contributed by atoms with E-state index < -0.39 is 18.0 Å². The topological polar surface area (TPSA) is 73.2 Å². The van der Waals surface area contributed by atoms with Gasteiger partial charge in [-0.3, -0.25) is 4.79 Å². The minimum Gasteiger partial charge on any atom is -0.448 e. The van der Waals surface area contributed by atoms with E-state index in [2.05, 4.69) is 10.4 Å². The number of esters is 1. The minimum atomic E-state index is -0.973. The first-order valence-electron chi connectivity index (χ1n) is 8.64. The Morgan fingerprint density at radius 2 is 2.04 bits per heavy atom. The SMILES string of the molecule is CC[C@H](C)n1nccc1NC(=O)[C@@H](C)OC(=O)c1sc2ccccc2c1Cl. The zero-order valence-corrected chi connectivity index (χ0v) is 16.8. The third-order valence-corrected chi connectivity index (χ3v) is 5.96. The number of carbonyl (C=O) groups is 2. The number of benzene rings is 1. The van der Waals surface area contributed by atoms with Gasteiger partial charge in [0, 0.05) is 16.2 Å². The second kappa shape index (κ2) is 8.10. The van der Waals surface area contributed by atoms with E-state index in [1.807, 2.05) is 38.1 Å². The molecule has 142 valence electrons. The van der Waals surface area contributed by atoms with Crippen molar-refractivity contribution >= 4 is 50.7 Å². The maximum absolute atomic E-state index is 12.5. The summed E-state index contributed by atoms with van der Waals surface area (Å²) in [7, 11) is 0. The van der Waals surface area contributed by atoms with Gasteiger partial charge in [0.1, 0.15) is 10.7 Å². The van der Waals surface area contributed by atoms with Crippen molar-refractivity contribution in [1.82, 2.24) is 9.78 Å². The number of anilines is 1. The highest BCUT2D eigenvalue weighted by molar-refractivity contribution is 7.21. The molecule has 2 heterocycles. The number of halogens is 1. The molecule has 1 N–H and O–H groups in total. The average molecular weight is 406 g/mol. The number of ether oxygens (including phenoxy) is 1. The molecule has 27 heavy (non-hydrogen) atoms. The second-order valence-electron chi connectivity index (χ2n) is 6.20. The van der Waals surface area contributed by atoms with E-state index in [-0.39, 0.29) is 6.04 Å². The van der Waals surface area contributed by atoms with Gasteiger partial charge in [0.15, 0.2) is 6.10 Å². The lowest BCUT2D eigenvalue weighted by Crippen LogP contribution is -2.31. The number of hydrogen-bond donors (Lipinski definition) is 1. The average Bonchev–Trinajstić information content (AvgIpc) is 3.26. The van der Waals surface area contributed by atoms with Gasteiger partial charge in [-0.25, -0.2) is 9.48 Å². The summed E-state index contributed by atoms with van der Waals surface area (Å²) in [5, 5.41) is 8.13. The second-order valence-corrected chi connectivity index (χ2v) is 7.63. The summed E-state index contributed by atoms with van der Waals surface area (Å²) in [6.07, 6.45) is 1.52. The van der Waals surface area contributed by atoms with Crippen LogP contribution in [0.2, 0.25) is 5.02 Å². The Kier molecular flexibility index (Phi) is 5.82. The van der Waals surface area contributed by atoms with Gasteiger partial charge >= 0.3 is 5.97 Å². The van der Waals surface area contributed by atoms with E-state index in [0.717, 1.165) is 16.5 Å². The summed E-state index contributed by atoms with van der Waals surface area (Å²) in [6.45, 7) is 5.57. The first kappa shape index (κ1) is 19.4. The van der Waals surface area contributed by atoms with Crippen LogP contribution in [0.25, 0.3) is 10.1 Å². The van der Waals surface area contributed by atoms with Crippen LogP contribution in [0, 0.1) is 0 Å². The summed E-state index contributed by atoms with van der Waals surface area (Å²) in [4.78, 5) is 25.2. The predicted octanol–water partition coefficient (Wildman–Crippen LogP) is 4.91. The quantitative estimate of drug-likeness (QED) is 0.591. The standard InChI is InChI=1S/C19H20ClN3O3S/c1-4-11(2)23-15(9-10-21-23)22-18(24)12(3)26-19(25)17-16(20)13-7-5-6-8-14(13)27-17/h5-12H,4H2,1-3H3,(H,22,24)/t11-,12+/m0/s1. The molecule has 0 fully saturated rings. The van der Waals surface area contributed by atoms with E-state index >= 15 is 0 Å². The van der Waals surface area contributed by atoms with Crippen molar-refractivity contribution in [3.8, 4) is 0 Å². The molecule has 1 amide bonds. The van der Waals surface area contributed by atoms with Gasteiger partial charge in [0.25, 0.3) is 5.91 Å². The van der Waals surface area contributed by atoms with Crippen LogP contribution in [0.1, 0.15) is 42.9 Å². The Balaban J connectivity index is 1.70. The smallest absolute Gasteiger partial charge is 0.350 e. The van der Waals surface area contributed by atoms with Gasteiger partial charge in [-0.2, -0.15) is 5.10 Å². The molecule has 0 saturated heterocycles. The maximum Gasteiger partial charge on any atom is 0.350 e. The number of carbonyl (C=O) groups excluding carboxylic acids is 2. The molecule has 0 aliphatic rings. The molecular formula is C19H20ClN3O3S. The van der Waals surface area contributed by atoms with E-state index in [9.17, 15) is 9.59 Å². The fourth-order valence-corrected chi connectivity index (χ4v) is 3.97. The molecule has 3 aromatic rings. The summed E-state index contributed by atoms with van der Waals surface area (Å²) < 4.78 is 7.95. The number of hydrogen-bond acceptors (Lipinski definition) is 5. The van der Waals surface area contributed by atoms with Crippen LogP contribution in [-0.2, 0) is 9.53 Å². The van der Waals surface area contributed by atoms with Crippen LogP contribution in [-0.4, -0.2) is 27.8 Å². The highest BCUT2D eigenvalue weighted by Crippen LogP contribution is 2.35. The number of aromatic nitrogens is 2. The van der Waals surface area contributed by atoms with Crippen molar-refractivity contribution in [1.29, 1.82) is 0 Å². The van der Waals surface area contributed by atoms with Crippen molar-refractivity contribution < 1.29 is 14.3 Å². The molecular weight excluding hydrogens is 386 g/mol. The number of nitrogens with zero attached hydrogens (tertiary/aromatic N) is 2. The van der Waals surface area contributed by atoms with Gasteiger partial charge in [0.2, 0.25) is 0 Å². The molecule has 0 spiro atoms. The minimum absolute atomic E-state index is 0.144. The fourth-order valence-electron chi connectivity index (χ4n) is 2.58. The summed E-state index contributed by atoms with van der Waals surface area (Å²) in [5.41, 5.74) is 0. The lowest BCUT2D eigenvalue weighted by Gasteiger charge is -2.16. The molecule has 0 bridgehead atoms.